The van der Waals surface area contributed by atoms with E-state index in [1.165, 1.54) is 0 Å². The molecule has 2 fully saturated rings. The molecule has 1 heterocycles. The summed E-state index contributed by atoms with van der Waals surface area (Å²) in [6.45, 7) is 4.34. The summed E-state index contributed by atoms with van der Waals surface area (Å²) in [6.07, 6.45) is 1.95. The number of piperazine rings is 1. The van der Waals surface area contributed by atoms with Gasteiger partial charge in [-0.25, -0.2) is 0 Å². The minimum atomic E-state index is 0.0332. The predicted molar refractivity (Wildman–Crippen MR) is 81.2 cm³/mol. The van der Waals surface area contributed by atoms with Gasteiger partial charge in [0.15, 0.2) is 0 Å². The molecule has 5 heteroatoms. The van der Waals surface area contributed by atoms with Gasteiger partial charge in [-0.1, -0.05) is 6.07 Å². The zero-order valence-electron chi connectivity index (χ0n) is 12.3. The van der Waals surface area contributed by atoms with Gasteiger partial charge in [0.25, 0.3) is 5.91 Å². The van der Waals surface area contributed by atoms with Crippen molar-refractivity contribution in [1.29, 1.82) is 0 Å². The quantitative estimate of drug-likeness (QED) is 0.885. The van der Waals surface area contributed by atoms with Crippen LogP contribution >= 0.6 is 0 Å². The Balaban J connectivity index is 1.69. The summed E-state index contributed by atoms with van der Waals surface area (Å²) in [4.78, 5) is 26.2. The maximum atomic E-state index is 12.5. The normalized spacial score (nSPS) is 22.0. The minimum absolute atomic E-state index is 0.0332. The number of carbonyl (C=O) groups is 2. The van der Waals surface area contributed by atoms with Gasteiger partial charge < -0.3 is 15.5 Å². The molecule has 112 valence electrons. The maximum absolute atomic E-state index is 12.5. The first-order chi connectivity index (χ1) is 10.1. The lowest BCUT2D eigenvalue weighted by Gasteiger charge is -2.32. The lowest BCUT2D eigenvalue weighted by atomic mass is 10.1. The molecule has 1 aliphatic carbocycles. The number of nitrogens with zero attached hydrogens (tertiary/aromatic N) is 1. The molecule has 0 spiro atoms. The SMILES string of the molecule is CC1CN(C(=O)c2cccc(NC(=O)C3CC3)c2)CCN1. The summed E-state index contributed by atoms with van der Waals surface area (Å²) in [5.41, 5.74) is 1.35. The first kappa shape index (κ1) is 14.1. The molecule has 3 rings (SSSR count). The van der Waals surface area contributed by atoms with Gasteiger partial charge in [0.1, 0.15) is 0 Å². The van der Waals surface area contributed by atoms with Crippen molar-refractivity contribution in [2.75, 3.05) is 25.0 Å². The summed E-state index contributed by atoms with van der Waals surface area (Å²) in [6, 6.07) is 7.55. The fourth-order valence-corrected chi connectivity index (χ4v) is 2.62. The summed E-state index contributed by atoms with van der Waals surface area (Å²) < 4.78 is 0. The van der Waals surface area contributed by atoms with Crippen LogP contribution in [0.3, 0.4) is 0 Å². The summed E-state index contributed by atoms with van der Waals surface area (Å²) in [5.74, 6) is 0.264. The van der Waals surface area contributed by atoms with Crippen LogP contribution in [0, 0.1) is 5.92 Å². The number of anilines is 1. The Labute approximate surface area is 124 Å². The number of benzene rings is 1. The fourth-order valence-electron chi connectivity index (χ4n) is 2.62. The van der Waals surface area contributed by atoms with Gasteiger partial charge in [0, 0.05) is 42.8 Å². The van der Waals surface area contributed by atoms with Crippen molar-refractivity contribution in [2.24, 2.45) is 5.92 Å². The molecule has 2 aliphatic rings. The third-order valence-corrected chi connectivity index (χ3v) is 3.98. The zero-order chi connectivity index (χ0) is 14.8. The van der Waals surface area contributed by atoms with Crippen LogP contribution in [0.5, 0.6) is 0 Å². The Kier molecular flexibility index (Phi) is 3.92. The van der Waals surface area contributed by atoms with Crippen LogP contribution < -0.4 is 10.6 Å². The highest BCUT2D eigenvalue weighted by Crippen LogP contribution is 2.30. The van der Waals surface area contributed by atoms with Crippen molar-refractivity contribution >= 4 is 17.5 Å². The minimum Gasteiger partial charge on any atom is -0.336 e. The fraction of sp³-hybridized carbons (Fsp3) is 0.500. The summed E-state index contributed by atoms with van der Waals surface area (Å²) in [7, 11) is 0. The van der Waals surface area contributed by atoms with Gasteiger partial charge >= 0.3 is 0 Å². The molecule has 1 aromatic carbocycles. The molecule has 21 heavy (non-hydrogen) atoms. The molecule has 1 atom stereocenters. The van der Waals surface area contributed by atoms with Crippen molar-refractivity contribution in [1.82, 2.24) is 10.2 Å². The molecule has 5 nitrogen and oxygen atoms in total. The van der Waals surface area contributed by atoms with E-state index >= 15 is 0 Å². The predicted octanol–water partition coefficient (Wildman–Crippen LogP) is 1.47. The van der Waals surface area contributed by atoms with Crippen LogP contribution in [0.15, 0.2) is 24.3 Å². The Bertz CT molecular complexity index is 554. The van der Waals surface area contributed by atoms with Gasteiger partial charge in [0.05, 0.1) is 0 Å². The number of rotatable bonds is 3. The van der Waals surface area contributed by atoms with Crippen molar-refractivity contribution in [3.8, 4) is 0 Å². The van der Waals surface area contributed by atoms with Crippen molar-refractivity contribution in [3.05, 3.63) is 29.8 Å². The highest BCUT2D eigenvalue weighted by atomic mass is 16.2. The second-order valence-corrected chi connectivity index (χ2v) is 5.95. The van der Waals surface area contributed by atoms with E-state index in [1.807, 2.05) is 23.1 Å². The van der Waals surface area contributed by atoms with Gasteiger partial charge in [-0.15, -0.1) is 0 Å². The molecular formula is C16H21N3O2. The highest BCUT2D eigenvalue weighted by molar-refractivity contribution is 5.98. The van der Waals surface area contributed by atoms with Crippen LogP contribution in [0.2, 0.25) is 0 Å². The molecule has 0 bridgehead atoms. The maximum Gasteiger partial charge on any atom is 0.254 e. The number of hydrogen-bond acceptors (Lipinski definition) is 3. The molecule has 0 aromatic heterocycles. The van der Waals surface area contributed by atoms with E-state index in [2.05, 4.69) is 17.6 Å². The summed E-state index contributed by atoms with van der Waals surface area (Å²) >= 11 is 0. The van der Waals surface area contributed by atoms with Crippen molar-refractivity contribution in [3.63, 3.8) is 0 Å². The Morgan fingerprint density at radius 2 is 2.14 bits per heavy atom. The van der Waals surface area contributed by atoms with Gasteiger partial charge in [0.2, 0.25) is 5.91 Å². The van der Waals surface area contributed by atoms with E-state index in [0.29, 0.717) is 17.3 Å². The average Bonchev–Trinajstić information content (AvgIpc) is 3.31. The molecule has 2 N–H and O–H groups in total. The van der Waals surface area contributed by atoms with Crippen LogP contribution in [0.4, 0.5) is 5.69 Å². The monoisotopic (exact) mass is 287 g/mol. The van der Waals surface area contributed by atoms with Gasteiger partial charge in [-0.2, -0.15) is 0 Å². The van der Waals surface area contributed by atoms with E-state index in [9.17, 15) is 9.59 Å². The lowest BCUT2D eigenvalue weighted by Crippen LogP contribution is -2.51. The smallest absolute Gasteiger partial charge is 0.254 e. The molecule has 1 aromatic rings. The number of hydrogen-bond donors (Lipinski definition) is 2. The molecule has 1 aliphatic heterocycles. The third kappa shape index (κ3) is 3.42. The second kappa shape index (κ2) is 5.85. The Hall–Kier alpha value is -1.88. The lowest BCUT2D eigenvalue weighted by molar-refractivity contribution is -0.117. The van der Waals surface area contributed by atoms with E-state index in [-0.39, 0.29) is 17.7 Å². The second-order valence-electron chi connectivity index (χ2n) is 5.95. The van der Waals surface area contributed by atoms with Gasteiger partial charge in [-0.05, 0) is 38.0 Å². The Morgan fingerprint density at radius 1 is 1.33 bits per heavy atom. The molecule has 2 amide bonds. The number of carbonyl (C=O) groups excluding carboxylic acids is 2. The van der Waals surface area contributed by atoms with E-state index in [0.717, 1.165) is 32.5 Å². The van der Waals surface area contributed by atoms with Crippen LogP contribution in [-0.2, 0) is 4.79 Å². The van der Waals surface area contributed by atoms with Gasteiger partial charge in [-0.3, -0.25) is 9.59 Å². The first-order valence-electron chi connectivity index (χ1n) is 7.57. The molecule has 0 radical (unpaired) electrons. The zero-order valence-corrected chi connectivity index (χ0v) is 12.3. The van der Waals surface area contributed by atoms with Crippen LogP contribution in [-0.4, -0.2) is 42.4 Å². The third-order valence-electron chi connectivity index (χ3n) is 3.98. The van der Waals surface area contributed by atoms with E-state index < -0.39 is 0 Å². The largest absolute Gasteiger partial charge is 0.336 e. The summed E-state index contributed by atoms with van der Waals surface area (Å²) in [5, 5.41) is 6.21. The molecule has 1 unspecified atom stereocenters. The topological polar surface area (TPSA) is 61.4 Å². The average molecular weight is 287 g/mol. The first-order valence-corrected chi connectivity index (χ1v) is 7.57. The standard InChI is InChI=1S/C16H21N3O2/c1-11-10-19(8-7-17-11)16(21)13-3-2-4-14(9-13)18-15(20)12-5-6-12/h2-4,9,11-12,17H,5-8,10H2,1H3,(H,18,20). The van der Waals surface area contributed by atoms with Crippen LogP contribution in [0.1, 0.15) is 30.1 Å². The number of amides is 2. The molecule has 1 saturated carbocycles. The molecular weight excluding hydrogens is 266 g/mol. The van der Waals surface area contributed by atoms with Crippen molar-refractivity contribution in [2.45, 2.75) is 25.8 Å². The van der Waals surface area contributed by atoms with Crippen LogP contribution in [0.25, 0.3) is 0 Å². The molecule has 1 saturated heterocycles. The Morgan fingerprint density at radius 3 is 2.86 bits per heavy atom. The number of nitrogens with one attached hydrogen (secondary N) is 2. The van der Waals surface area contributed by atoms with E-state index in [1.54, 1.807) is 6.07 Å². The van der Waals surface area contributed by atoms with E-state index in [4.69, 9.17) is 0 Å². The van der Waals surface area contributed by atoms with Crippen molar-refractivity contribution < 1.29 is 9.59 Å². The highest BCUT2D eigenvalue weighted by Gasteiger charge is 2.29.